The molecule has 0 fully saturated rings. The number of nitrogens with two attached hydrogens (primary N) is 1. The van der Waals surface area contributed by atoms with Crippen LogP contribution in [0.3, 0.4) is 0 Å². The number of nitrogens with zero attached hydrogens (tertiary/aromatic N) is 3. The van der Waals surface area contributed by atoms with Crippen LogP contribution in [0.15, 0.2) is 36.8 Å². The van der Waals surface area contributed by atoms with Crippen LogP contribution >= 0.6 is 11.6 Å². The van der Waals surface area contributed by atoms with Gasteiger partial charge in [0, 0.05) is 34.9 Å². The molecule has 0 spiro atoms. The summed E-state index contributed by atoms with van der Waals surface area (Å²) < 4.78 is 4.16. The lowest BCUT2D eigenvalue weighted by atomic mass is 10.1. The summed E-state index contributed by atoms with van der Waals surface area (Å²) in [5.41, 5.74) is 9.32. The molecule has 0 saturated heterocycles. The standard InChI is InChI=1S/C16H19ClN4/c1-2-21-10-12(8-19-21)9-20-11-13(5-6-18)15-4-3-14(17)7-16(15)20/h3-4,7-8,10-11H,2,5-6,9,18H2,1H3. The van der Waals surface area contributed by atoms with E-state index in [9.17, 15) is 0 Å². The van der Waals surface area contributed by atoms with E-state index in [2.05, 4.69) is 35.0 Å². The number of halogens is 1. The second kappa shape index (κ2) is 5.92. The van der Waals surface area contributed by atoms with Gasteiger partial charge in [-0.25, -0.2) is 0 Å². The van der Waals surface area contributed by atoms with Crippen LogP contribution in [0.5, 0.6) is 0 Å². The molecule has 2 aromatic heterocycles. The van der Waals surface area contributed by atoms with Crippen molar-refractivity contribution in [2.75, 3.05) is 6.54 Å². The Hall–Kier alpha value is -1.78. The zero-order valence-corrected chi connectivity index (χ0v) is 12.8. The van der Waals surface area contributed by atoms with E-state index in [1.807, 2.05) is 23.0 Å². The van der Waals surface area contributed by atoms with Crippen molar-refractivity contribution in [3.05, 3.63) is 52.9 Å². The fourth-order valence-corrected chi connectivity index (χ4v) is 2.85. The molecule has 2 N–H and O–H groups in total. The summed E-state index contributed by atoms with van der Waals surface area (Å²) in [7, 11) is 0. The van der Waals surface area contributed by atoms with Crippen LogP contribution in [-0.4, -0.2) is 20.9 Å². The van der Waals surface area contributed by atoms with E-state index in [0.717, 1.165) is 30.0 Å². The van der Waals surface area contributed by atoms with Gasteiger partial charge < -0.3 is 10.3 Å². The van der Waals surface area contributed by atoms with Crippen molar-refractivity contribution in [3.8, 4) is 0 Å². The van der Waals surface area contributed by atoms with E-state index >= 15 is 0 Å². The minimum absolute atomic E-state index is 0.648. The van der Waals surface area contributed by atoms with Crippen LogP contribution in [0, 0.1) is 0 Å². The lowest BCUT2D eigenvalue weighted by molar-refractivity contribution is 0.658. The number of fused-ring (bicyclic) bond motifs is 1. The molecule has 0 aliphatic carbocycles. The number of hydrogen-bond acceptors (Lipinski definition) is 2. The first-order valence-corrected chi connectivity index (χ1v) is 7.57. The molecule has 3 aromatic rings. The molecular formula is C16H19ClN4. The fourth-order valence-electron chi connectivity index (χ4n) is 2.68. The maximum Gasteiger partial charge on any atom is 0.0539 e. The summed E-state index contributed by atoms with van der Waals surface area (Å²) in [5.74, 6) is 0. The molecule has 0 bridgehead atoms. The molecule has 21 heavy (non-hydrogen) atoms. The first kappa shape index (κ1) is 14.2. The number of hydrogen-bond donors (Lipinski definition) is 1. The average molecular weight is 303 g/mol. The van der Waals surface area contributed by atoms with Gasteiger partial charge in [-0.05, 0) is 37.6 Å². The van der Waals surface area contributed by atoms with E-state index in [0.29, 0.717) is 6.54 Å². The second-order valence-electron chi connectivity index (χ2n) is 5.19. The molecule has 0 atom stereocenters. The maximum atomic E-state index is 6.15. The molecule has 0 radical (unpaired) electrons. The van der Waals surface area contributed by atoms with Gasteiger partial charge in [-0.1, -0.05) is 17.7 Å². The van der Waals surface area contributed by atoms with Gasteiger partial charge in [0.2, 0.25) is 0 Å². The highest BCUT2D eigenvalue weighted by molar-refractivity contribution is 6.31. The van der Waals surface area contributed by atoms with Gasteiger partial charge >= 0.3 is 0 Å². The number of aryl methyl sites for hydroxylation is 1. The minimum Gasteiger partial charge on any atom is -0.343 e. The topological polar surface area (TPSA) is 48.8 Å². The van der Waals surface area contributed by atoms with E-state index < -0.39 is 0 Å². The molecule has 0 amide bonds. The molecule has 0 saturated carbocycles. The summed E-state index contributed by atoms with van der Waals surface area (Å²) in [5, 5.41) is 6.31. The molecule has 4 nitrogen and oxygen atoms in total. The quantitative estimate of drug-likeness (QED) is 0.787. The van der Waals surface area contributed by atoms with Crippen LogP contribution < -0.4 is 5.73 Å². The number of rotatable bonds is 5. The highest BCUT2D eigenvalue weighted by atomic mass is 35.5. The van der Waals surface area contributed by atoms with Crippen molar-refractivity contribution in [3.63, 3.8) is 0 Å². The molecule has 5 heteroatoms. The van der Waals surface area contributed by atoms with Gasteiger partial charge in [0.15, 0.2) is 0 Å². The highest BCUT2D eigenvalue weighted by Crippen LogP contribution is 2.26. The summed E-state index contributed by atoms with van der Waals surface area (Å²) in [6.07, 6.45) is 7.05. The van der Waals surface area contributed by atoms with E-state index in [1.165, 1.54) is 16.5 Å². The lowest BCUT2D eigenvalue weighted by Crippen LogP contribution is -2.02. The molecule has 2 heterocycles. The zero-order valence-electron chi connectivity index (χ0n) is 12.1. The van der Waals surface area contributed by atoms with E-state index in [4.69, 9.17) is 17.3 Å². The van der Waals surface area contributed by atoms with Crippen LogP contribution in [0.2, 0.25) is 5.02 Å². The van der Waals surface area contributed by atoms with Crippen molar-refractivity contribution in [1.82, 2.24) is 14.3 Å². The van der Waals surface area contributed by atoms with Gasteiger partial charge in [-0.3, -0.25) is 4.68 Å². The predicted molar refractivity (Wildman–Crippen MR) is 86.7 cm³/mol. The molecule has 110 valence electrons. The Kier molecular flexibility index (Phi) is 3.99. The SMILES string of the molecule is CCn1cc(Cn2cc(CCN)c3ccc(Cl)cc32)cn1. The van der Waals surface area contributed by atoms with Gasteiger partial charge in [0.05, 0.1) is 18.3 Å². The largest absolute Gasteiger partial charge is 0.343 e. The van der Waals surface area contributed by atoms with Crippen molar-refractivity contribution >= 4 is 22.5 Å². The third kappa shape index (κ3) is 2.82. The van der Waals surface area contributed by atoms with Crippen molar-refractivity contribution in [2.45, 2.75) is 26.4 Å². The van der Waals surface area contributed by atoms with Crippen molar-refractivity contribution in [1.29, 1.82) is 0 Å². The van der Waals surface area contributed by atoms with Crippen molar-refractivity contribution < 1.29 is 0 Å². The van der Waals surface area contributed by atoms with Gasteiger partial charge in [0.1, 0.15) is 0 Å². The molecule has 1 aromatic carbocycles. The molecule has 3 rings (SSSR count). The minimum atomic E-state index is 0.648. The normalized spacial score (nSPS) is 11.4. The highest BCUT2D eigenvalue weighted by Gasteiger charge is 2.09. The number of benzene rings is 1. The maximum absolute atomic E-state index is 6.15. The smallest absolute Gasteiger partial charge is 0.0539 e. The van der Waals surface area contributed by atoms with E-state index in [1.54, 1.807) is 0 Å². The molecular weight excluding hydrogens is 284 g/mol. The first-order chi connectivity index (χ1) is 10.2. The monoisotopic (exact) mass is 302 g/mol. The molecule has 0 aliphatic heterocycles. The van der Waals surface area contributed by atoms with Crippen LogP contribution in [-0.2, 0) is 19.5 Å². The Labute approximate surface area is 129 Å². The Morgan fingerprint density at radius 1 is 1.29 bits per heavy atom. The molecule has 0 aliphatic rings. The van der Waals surface area contributed by atoms with Gasteiger partial charge in [0.25, 0.3) is 0 Å². The second-order valence-corrected chi connectivity index (χ2v) is 5.62. The Morgan fingerprint density at radius 2 is 2.14 bits per heavy atom. The Balaban J connectivity index is 2.02. The summed E-state index contributed by atoms with van der Waals surface area (Å²) in [4.78, 5) is 0. The molecule has 0 unspecified atom stereocenters. The van der Waals surface area contributed by atoms with Crippen LogP contribution in [0.1, 0.15) is 18.1 Å². The number of aromatic nitrogens is 3. The summed E-state index contributed by atoms with van der Waals surface area (Å²) in [6, 6.07) is 6.03. The lowest BCUT2D eigenvalue weighted by Gasteiger charge is -2.03. The predicted octanol–water partition coefficient (Wildman–Crippen LogP) is 3.06. The Bertz CT molecular complexity index is 757. The third-order valence-corrected chi connectivity index (χ3v) is 3.94. The summed E-state index contributed by atoms with van der Waals surface area (Å²) in [6.45, 7) is 4.41. The third-order valence-electron chi connectivity index (χ3n) is 3.70. The van der Waals surface area contributed by atoms with Gasteiger partial charge in [-0.2, -0.15) is 5.10 Å². The summed E-state index contributed by atoms with van der Waals surface area (Å²) >= 11 is 6.15. The van der Waals surface area contributed by atoms with Gasteiger partial charge in [-0.15, -0.1) is 0 Å². The average Bonchev–Trinajstić information content (AvgIpc) is 3.05. The van der Waals surface area contributed by atoms with E-state index in [-0.39, 0.29) is 0 Å². The van der Waals surface area contributed by atoms with Crippen molar-refractivity contribution in [2.24, 2.45) is 5.73 Å². The van der Waals surface area contributed by atoms with Crippen LogP contribution in [0.25, 0.3) is 10.9 Å². The zero-order chi connectivity index (χ0) is 14.8. The Morgan fingerprint density at radius 3 is 2.86 bits per heavy atom. The van der Waals surface area contributed by atoms with Crippen LogP contribution in [0.4, 0.5) is 0 Å². The fraction of sp³-hybridized carbons (Fsp3) is 0.312. The first-order valence-electron chi connectivity index (χ1n) is 7.20.